The van der Waals surface area contributed by atoms with E-state index in [9.17, 15) is 14.4 Å². The third kappa shape index (κ3) is 7.11. The Morgan fingerprint density at radius 2 is 1.71 bits per heavy atom. The molecule has 1 aliphatic heterocycles. The molecule has 2 aliphatic rings. The number of rotatable bonds is 13. The normalized spacial score (nSPS) is 18.4. The van der Waals surface area contributed by atoms with Crippen LogP contribution >= 0.6 is 0 Å². The Morgan fingerprint density at radius 3 is 2.44 bits per heavy atom. The number of imide groups is 1. The number of hydrogen-bond donors (Lipinski definition) is 2. The summed E-state index contributed by atoms with van der Waals surface area (Å²) >= 11 is 0. The Kier molecular flexibility index (Phi) is 10.3. The first-order chi connectivity index (χ1) is 21.8. The molecular weight excluding hydrogens is 564 g/mol. The Hall–Kier alpha value is -4.46. The minimum absolute atomic E-state index is 0.0154. The van der Waals surface area contributed by atoms with E-state index in [-0.39, 0.29) is 42.1 Å². The zero-order valence-corrected chi connectivity index (χ0v) is 26.3. The summed E-state index contributed by atoms with van der Waals surface area (Å²) in [5, 5.41) is 7.55. The molecule has 0 radical (unpaired) electrons. The summed E-state index contributed by atoms with van der Waals surface area (Å²) in [5.74, 6) is -0.444. The maximum absolute atomic E-state index is 13.8. The van der Waals surface area contributed by atoms with Gasteiger partial charge in [0.25, 0.3) is 5.91 Å². The highest BCUT2D eigenvalue weighted by Crippen LogP contribution is 2.49. The van der Waals surface area contributed by atoms with Crippen molar-refractivity contribution in [1.82, 2.24) is 9.80 Å². The van der Waals surface area contributed by atoms with Gasteiger partial charge in [-0.15, -0.1) is 0 Å². The van der Waals surface area contributed by atoms with Crippen molar-refractivity contribution in [3.8, 4) is 11.1 Å². The quantitative estimate of drug-likeness (QED) is 0.129. The van der Waals surface area contributed by atoms with Crippen LogP contribution < -0.4 is 5.73 Å². The van der Waals surface area contributed by atoms with Gasteiger partial charge in [-0.05, 0) is 85.9 Å². The zero-order chi connectivity index (χ0) is 31.9. The molecule has 0 saturated carbocycles. The number of carbonyl (C=O) groups excluding carboxylic acids is 3. The maximum Gasteiger partial charge on any atom is 0.416 e. The van der Waals surface area contributed by atoms with Gasteiger partial charge in [0.05, 0.1) is 18.5 Å². The van der Waals surface area contributed by atoms with Crippen LogP contribution in [0.25, 0.3) is 11.1 Å². The Labute approximate surface area is 266 Å². The number of aryl methyl sites for hydroxylation is 1. The average molecular weight is 609 g/mol. The van der Waals surface area contributed by atoms with Gasteiger partial charge in [0, 0.05) is 36.9 Å². The number of amidine groups is 1. The lowest BCUT2D eigenvalue weighted by atomic mass is 9.84. The number of ether oxygens (including phenoxy) is 1. The van der Waals surface area contributed by atoms with Crippen LogP contribution in [0.2, 0.25) is 0 Å². The van der Waals surface area contributed by atoms with E-state index < -0.39 is 6.09 Å². The molecule has 1 fully saturated rings. The fourth-order valence-electron chi connectivity index (χ4n) is 6.96. The topological polar surface area (TPSA) is 117 Å². The second-order valence-corrected chi connectivity index (χ2v) is 12.1. The van der Waals surface area contributed by atoms with E-state index in [1.54, 1.807) is 0 Å². The Balaban J connectivity index is 1.35. The van der Waals surface area contributed by atoms with Crippen molar-refractivity contribution < 1.29 is 19.1 Å². The molecule has 0 bridgehead atoms. The van der Waals surface area contributed by atoms with Gasteiger partial charge in [-0.3, -0.25) is 15.0 Å². The standard InChI is InChI=1S/C37H44N4O4/c1-3-40(4-2)35(42)28-16-10-15-26(22-28)27-19-20-30-29(23-27)24-32-34(30)31(17-8-9-18-33(38)39)36(43)41(32)37(44)45-21-11-14-25-12-6-5-7-13-25/h5-7,10,12-13,15-16,19-20,22-23,31-32,34H,3-4,8-9,11,14,17-18,21,24H2,1-2H3,(H3,38,39)/t31-,32+,34-/m0/s1. The van der Waals surface area contributed by atoms with E-state index in [0.29, 0.717) is 44.3 Å². The number of nitrogens with zero attached hydrogens (tertiary/aromatic N) is 2. The number of carbonyl (C=O) groups is 3. The molecule has 1 aliphatic carbocycles. The van der Waals surface area contributed by atoms with Crippen LogP contribution in [0.3, 0.4) is 0 Å². The number of unbranched alkanes of at least 4 members (excludes halogenated alkanes) is 1. The van der Waals surface area contributed by atoms with Crippen LogP contribution in [0.1, 0.15) is 78.9 Å². The highest BCUT2D eigenvalue weighted by atomic mass is 16.6. The molecule has 8 heteroatoms. The molecule has 3 atom stereocenters. The minimum atomic E-state index is -0.565. The first kappa shape index (κ1) is 31.9. The molecule has 0 aromatic heterocycles. The number of benzene rings is 3. The molecule has 0 spiro atoms. The molecule has 3 aromatic rings. The van der Waals surface area contributed by atoms with E-state index in [4.69, 9.17) is 15.9 Å². The predicted molar refractivity (Wildman–Crippen MR) is 176 cm³/mol. The van der Waals surface area contributed by atoms with E-state index in [1.165, 1.54) is 10.5 Å². The van der Waals surface area contributed by atoms with Crippen LogP contribution in [0.15, 0.2) is 72.8 Å². The van der Waals surface area contributed by atoms with Gasteiger partial charge in [-0.1, -0.05) is 67.1 Å². The molecule has 45 heavy (non-hydrogen) atoms. The van der Waals surface area contributed by atoms with Crippen molar-refractivity contribution >= 4 is 23.7 Å². The van der Waals surface area contributed by atoms with Crippen LogP contribution in [0.4, 0.5) is 4.79 Å². The van der Waals surface area contributed by atoms with Crippen LogP contribution in [0.5, 0.6) is 0 Å². The molecule has 8 nitrogen and oxygen atoms in total. The van der Waals surface area contributed by atoms with E-state index in [0.717, 1.165) is 41.5 Å². The molecule has 0 unspecified atom stereocenters. The summed E-state index contributed by atoms with van der Waals surface area (Å²) in [6.07, 6.45) is 4.09. The van der Waals surface area contributed by atoms with Gasteiger partial charge in [0.15, 0.2) is 0 Å². The molecule has 1 saturated heterocycles. The Bertz CT molecular complexity index is 1530. The van der Waals surface area contributed by atoms with E-state index in [1.807, 2.05) is 61.2 Å². The van der Waals surface area contributed by atoms with E-state index >= 15 is 0 Å². The summed E-state index contributed by atoms with van der Waals surface area (Å²) in [6, 6.07) is 23.8. The molecule has 1 heterocycles. The van der Waals surface area contributed by atoms with Gasteiger partial charge in [-0.2, -0.15) is 0 Å². The first-order valence-corrected chi connectivity index (χ1v) is 16.2. The van der Waals surface area contributed by atoms with Gasteiger partial charge < -0.3 is 15.4 Å². The second-order valence-electron chi connectivity index (χ2n) is 12.1. The van der Waals surface area contributed by atoms with Crippen molar-refractivity contribution in [2.75, 3.05) is 19.7 Å². The molecule has 236 valence electrons. The lowest BCUT2D eigenvalue weighted by Crippen LogP contribution is -2.40. The predicted octanol–water partition coefficient (Wildman–Crippen LogP) is 6.57. The lowest BCUT2D eigenvalue weighted by molar-refractivity contribution is -0.130. The second kappa shape index (κ2) is 14.5. The number of likely N-dealkylation sites (tertiary alicyclic amines) is 1. The third-order valence-electron chi connectivity index (χ3n) is 9.25. The lowest BCUT2D eigenvalue weighted by Gasteiger charge is -2.21. The number of nitrogens with two attached hydrogens (primary N) is 1. The highest BCUT2D eigenvalue weighted by molar-refractivity contribution is 5.97. The summed E-state index contributed by atoms with van der Waals surface area (Å²) in [4.78, 5) is 43.4. The summed E-state index contributed by atoms with van der Waals surface area (Å²) in [7, 11) is 0. The maximum atomic E-state index is 13.8. The smallest absolute Gasteiger partial charge is 0.416 e. The molecule has 3 aromatic carbocycles. The first-order valence-electron chi connectivity index (χ1n) is 16.2. The van der Waals surface area contributed by atoms with Gasteiger partial charge in [-0.25, -0.2) is 9.69 Å². The van der Waals surface area contributed by atoms with Crippen LogP contribution in [0, 0.1) is 11.3 Å². The zero-order valence-electron chi connectivity index (χ0n) is 26.3. The van der Waals surface area contributed by atoms with Crippen molar-refractivity contribution in [3.05, 3.63) is 95.1 Å². The SMILES string of the molecule is CCN(CC)C(=O)c1cccc(-c2ccc3c(c2)C[C@@H]2[C@@H]3[C@H](CCCCC(=N)N)C(=O)N2C(=O)OCCCc2ccccc2)c1. The number of fused-ring (bicyclic) bond motifs is 3. The monoisotopic (exact) mass is 608 g/mol. The number of hydrogen-bond acceptors (Lipinski definition) is 5. The van der Waals surface area contributed by atoms with Crippen molar-refractivity contribution in [2.24, 2.45) is 11.7 Å². The fraction of sp³-hybridized carbons (Fsp3) is 0.405. The summed E-state index contributed by atoms with van der Waals surface area (Å²) in [5.41, 5.74) is 11.6. The van der Waals surface area contributed by atoms with E-state index in [2.05, 4.69) is 30.3 Å². The van der Waals surface area contributed by atoms with Crippen molar-refractivity contribution in [2.45, 2.75) is 70.8 Å². The number of nitrogens with one attached hydrogen (secondary N) is 1. The molecular formula is C37H44N4O4. The fourth-order valence-corrected chi connectivity index (χ4v) is 6.96. The summed E-state index contributed by atoms with van der Waals surface area (Å²) in [6.45, 7) is 5.52. The minimum Gasteiger partial charge on any atom is -0.449 e. The largest absolute Gasteiger partial charge is 0.449 e. The van der Waals surface area contributed by atoms with Gasteiger partial charge >= 0.3 is 6.09 Å². The average Bonchev–Trinajstić information content (AvgIpc) is 3.54. The van der Waals surface area contributed by atoms with Crippen molar-refractivity contribution in [3.63, 3.8) is 0 Å². The van der Waals surface area contributed by atoms with Crippen LogP contribution in [-0.4, -0.2) is 59.3 Å². The highest BCUT2D eigenvalue weighted by Gasteiger charge is 2.54. The molecule has 3 amide bonds. The number of amides is 3. The molecule has 5 rings (SSSR count). The van der Waals surface area contributed by atoms with Crippen LogP contribution in [-0.2, 0) is 22.4 Å². The summed E-state index contributed by atoms with van der Waals surface area (Å²) < 4.78 is 5.68. The van der Waals surface area contributed by atoms with Gasteiger partial charge in [0.2, 0.25) is 5.91 Å². The van der Waals surface area contributed by atoms with Gasteiger partial charge in [0.1, 0.15) is 0 Å². The molecule has 3 N–H and O–H groups in total. The van der Waals surface area contributed by atoms with Crippen molar-refractivity contribution in [1.29, 1.82) is 5.41 Å². The third-order valence-corrected chi connectivity index (χ3v) is 9.25. The Morgan fingerprint density at radius 1 is 0.956 bits per heavy atom.